The second-order valence-electron chi connectivity index (χ2n) is 3.06. The Bertz CT molecular complexity index is 509. The normalized spacial score (nSPS) is 11.5. The topological polar surface area (TPSA) is 22.1 Å². The highest BCUT2D eigenvalue weighted by Crippen LogP contribution is 2.32. The molecule has 0 amide bonds. The van der Waals surface area contributed by atoms with E-state index in [1.165, 1.54) is 23.5 Å². The van der Waals surface area contributed by atoms with E-state index in [-0.39, 0.29) is 16.1 Å². The lowest BCUT2D eigenvalue weighted by Crippen LogP contribution is -2.03. The van der Waals surface area contributed by atoms with E-state index in [0.29, 0.717) is 0 Å². The van der Waals surface area contributed by atoms with Gasteiger partial charge in [0.15, 0.2) is 0 Å². The van der Waals surface area contributed by atoms with Crippen molar-refractivity contribution in [1.29, 1.82) is 0 Å². The first-order valence-corrected chi connectivity index (χ1v) is 5.67. The van der Waals surface area contributed by atoms with Gasteiger partial charge < -0.3 is 4.74 Å². The average Bonchev–Trinajstić information content (AvgIpc) is 2.63. The maximum atomic E-state index is 12.3. The predicted octanol–water partition coefficient (Wildman–Crippen LogP) is 4.61. The molecule has 0 atom stereocenters. The molecule has 0 aliphatic carbocycles. The summed E-state index contributed by atoms with van der Waals surface area (Å²) in [7, 11) is 0. The molecule has 0 spiro atoms. The Hall–Kier alpha value is -1.27. The molecule has 0 unspecified atom stereocenters. The van der Waals surface area contributed by atoms with Crippen molar-refractivity contribution in [1.82, 2.24) is 4.98 Å². The van der Waals surface area contributed by atoms with E-state index in [0.717, 1.165) is 12.1 Å². The summed E-state index contributed by atoms with van der Waals surface area (Å²) in [4.78, 5) is 3.82. The first-order valence-electron chi connectivity index (χ1n) is 4.41. The molecule has 90 valence electrons. The van der Waals surface area contributed by atoms with Crippen LogP contribution in [0.25, 0.3) is 0 Å². The maximum Gasteiger partial charge on any atom is 0.416 e. The van der Waals surface area contributed by atoms with Gasteiger partial charge in [-0.2, -0.15) is 18.2 Å². The number of rotatable bonds is 2. The maximum absolute atomic E-state index is 12.3. The van der Waals surface area contributed by atoms with E-state index < -0.39 is 11.7 Å². The third-order valence-electron chi connectivity index (χ3n) is 1.84. The fourth-order valence-electron chi connectivity index (χ4n) is 1.10. The minimum absolute atomic E-state index is 0.281. The molecular weight excluding hydrogens is 275 g/mol. The molecule has 0 N–H and O–H groups in total. The minimum Gasteiger partial charge on any atom is -0.431 e. The zero-order valence-corrected chi connectivity index (χ0v) is 9.73. The number of hydrogen-bond donors (Lipinski definition) is 0. The molecule has 17 heavy (non-hydrogen) atoms. The van der Waals surface area contributed by atoms with Gasteiger partial charge in [-0.1, -0.05) is 22.9 Å². The number of hydrogen-bond acceptors (Lipinski definition) is 3. The van der Waals surface area contributed by atoms with E-state index in [1.807, 2.05) is 0 Å². The summed E-state index contributed by atoms with van der Waals surface area (Å²) >= 11 is 6.75. The van der Waals surface area contributed by atoms with Gasteiger partial charge in [-0.05, 0) is 24.3 Å². The molecule has 0 saturated carbocycles. The molecule has 0 bridgehead atoms. The highest BCUT2D eigenvalue weighted by molar-refractivity contribution is 7.11. The average molecular weight is 280 g/mol. The van der Waals surface area contributed by atoms with Crippen molar-refractivity contribution in [3.63, 3.8) is 0 Å². The Kier molecular flexibility index (Phi) is 3.26. The summed E-state index contributed by atoms with van der Waals surface area (Å²) in [5.41, 5.74) is -0.720. The number of thiazole rings is 1. The number of nitrogens with zero attached hydrogens (tertiary/aromatic N) is 1. The molecule has 0 saturated heterocycles. The molecule has 0 fully saturated rings. The van der Waals surface area contributed by atoms with Gasteiger partial charge in [-0.3, -0.25) is 0 Å². The van der Waals surface area contributed by atoms with Gasteiger partial charge in [-0.25, -0.2) is 0 Å². The fourth-order valence-corrected chi connectivity index (χ4v) is 1.91. The van der Waals surface area contributed by atoms with E-state index in [9.17, 15) is 13.2 Å². The highest BCUT2D eigenvalue weighted by atomic mass is 35.5. The van der Waals surface area contributed by atoms with Crippen LogP contribution >= 0.6 is 22.9 Å². The lowest BCUT2D eigenvalue weighted by atomic mass is 10.2. The number of alkyl halides is 3. The van der Waals surface area contributed by atoms with Gasteiger partial charge >= 0.3 is 6.18 Å². The monoisotopic (exact) mass is 279 g/mol. The van der Waals surface area contributed by atoms with Crippen molar-refractivity contribution in [3.8, 4) is 10.9 Å². The Morgan fingerprint density at radius 3 is 2.29 bits per heavy atom. The molecule has 0 aliphatic heterocycles. The Labute approximate surface area is 104 Å². The second-order valence-corrected chi connectivity index (χ2v) is 4.27. The zero-order valence-electron chi connectivity index (χ0n) is 8.16. The van der Waals surface area contributed by atoms with Crippen LogP contribution in [0.1, 0.15) is 5.56 Å². The van der Waals surface area contributed by atoms with Crippen LogP contribution in [-0.2, 0) is 6.18 Å². The molecule has 1 aromatic carbocycles. The predicted molar refractivity (Wildman–Crippen MR) is 58.6 cm³/mol. The summed E-state index contributed by atoms with van der Waals surface area (Å²) in [6, 6.07) is 4.37. The van der Waals surface area contributed by atoms with Gasteiger partial charge in [0.1, 0.15) is 10.9 Å². The smallest absolute Gasteiger partial charge is 0.416 e. The van der Waals surface area contributed by atoms with E-state index in [2.05, 4.69) is 4.98 Å². The van der Waals surface area contributed by atoms with Crippen LogP contribution in [0, 0.1) is 0 Å². The van der Waals surface area contributed by atoms with E-state index >= 15 is 0 Å². The zero-order chi connectivity index (χ0) is 12.5. The van der Waals surface area contributed by atoms with Gasteiger partial charge in [0.05, 0.1) is 5.56 Å². The van der Waals surface area contributed by atoms with Crippen LogP contribution in [0.4, 0.5) is 13.2 Å². The third-order valence-corrected chi connectivity index (χ3v) is 2.88. The van der Waals surface area contributed by atoms with Gasteiger partial charge in [0.2, 0.25) is 0 Å². The molecule has 2 rings (SSSR count). The van der Waals surface area contributed by atoms with Crippen molar-refractivity contribution < 1.29 is 17.9 Å². The molecule has 1 heterocycles. The molecule has 2 nitrogen and oxygen atoms in total. The van der Waals surface area contributed by atoms with Gasteiger partial charge in [-0.15, -0.1) is 0 Å². The fraction of sp³-hybridized carbons (Fsp3) is 0.100. The molecule has 0 radical (unpaired) electrons. The molecular formula is C10H5ClF3NOS. The van der Waals surface area contributed by atoms with Crippen LogP contribution in [0.3, 0.4) is 0 Å². The first-order chi connectivity index (χ1) is 7.95. The molecule has 7 heteroatoms. The second kappa shape index (κ2) is 4.54. The summed E-state index contributed by atoms with van der Waals surface area (Å²) in [6.07, 6.45) is -4.34. The van der Waals surface area contributed by atoms with Gasteiger partial charge in [0.25, 0.3) is 5.19 Å². The quantitative estimate of drug-likeness (QED) is 0.801. The van der Waals surface area contributed by atoms with Crippen molar-refractivity contribution in [2.75, 3.05) is 0 Å². The number of halogens is 4. The highest BCUT2D eigenvalue weighted by Gasteiger charge is 2.30. The van der Waals surface area contributed by atoms with E-state index in [4.69, 9.17) is 16.3 Å². The molecule has 0 aliphatic rings. The third kappa shape index (κ3) is 3.10. The summed E-state index contributed by atoms with van der Waals surface area (Å²) < 4.78 is 42.1. The largest absolute Gasteiger partial charge is 0.431 e. The summed E-state index contributed by atoms with van der Waals surface area (Å²) in [5.74, 6) is 0.281. The first kappa shape index (κ1) is 12.2. The minimum atomic E-state index is -4.34. The lowest BCUT2D eigenvalue weighted by Gasteiger charge is -2.07. The molecule has 2 aromatic rings. The van der Waals surface area contributed by atoms with Crippen molar-refractivity contribution in [2.45, 2.75) is 6.18 Å². The van der Waals surface area contributed by atoms with Crippen LogP contribution in [0.5, 0.6) is 10.9 Å². The van der Waals surface area contributed by atoms with E-state index in [1.54, 1.807) is 5.38 Å². The van der Waals surface area contributed by atoms with Crippen molar-refractivity contribution in [2.24, 2.45) is 0 Å². The Balaban J connectivity index is 2.13. The number of benzene rings is 1. The summed E-state index contributed by atoms with van der Waals surface area (Å²) in [6.45, 7) is 0. The van der Waals surface area contributed by atoms with Crippen LogP contribution in [0.2, 0.25) is 5.15 Å². The SMILES string of the molecule is FC(F)(F)c1ccc(Oc2nc(Cl)cs2)cc1. The Morgan fingerprint density at radius 1 is 1.18 bits per heavy atom. The standard InChI is InChI=1S/C10H5ClF3NOS/c11-8-5-17-9(15-8)16-7-3-1-6(2-4-7)10(12,13)14/h1-5H. The van der Waals surface area contributed by atoms with Crippen LogP contribution in [0.15, 0.2) is 29.6 Å². The Morgan fingerprint density at radius 2 is 1.82 bits per heavy atom. The van der Waals surface area contributed by atoms with Crippen molar-refractivity contribution >= 4 is 22.9 Å². The van der Waals surface area contributed by atoms with Crippen LogP contribution < -0.4 is 4.74 Å². The molecule has 1 aromatic heterocycles. The number of aromatic nitrogens is 1. The van der Waals surface area contributed by atoms with Crippen LogP contribution in [-0.4, -0.2) is 4.98 Å². The van der Waals surface area contributed by atoms with Crippen molar-refractivity contribution in [3.05, 3.63) is 40.4 Å². The number of ether oxygens (including phenoxy) is 1. The summed E-state index contributed by atoms with van der Waals surface area (Å²) in [5, 5.41) is 2.15. The van der Waals surface area contributed by atoms with Gasteiger partial charge in [0, 0.05) is 5.38 Å². The lowest BCUT2D eigenvalue weighted by molar-refractivity contribution is -0.137.